The third-order valence-electron chi connectivity index (χ3n) is 3.63. The van der Waals surface area contributed by atoms with Crippen molar-refractivity contribution in [3.8, 4) is 0 Å². The van der Waals surface area contributed by atoms with Gasteiger partial charge in [-0.05, 0) is 32.4 Å². The Hall–Kier alpha value is -0.353. The first-order valence-electron chi connectivity index (χ1n) is 5.77. The van der Waals surface area contributed by atoms with E-state index >= 15 is 0 Å². The van der Waals surface area contributed by atoms with E-state index in [1.807, 2.05) is 6.92 Å². The second-order valence-electron chi connectivity index (χ2n) is 4.71. The van der Waals surface area contributed by atoms with Gasteiger partial charge >= 0.3 is 5.97 Å². The molecule has 2 unspecified atom stereocenters. The van der Waals surface area contributed by atoms with Crippen molar-refractivity contribution in [2.75, 3.05) is 6.61 Å². The zero-order chi connectivity index (χ0) is 11.5. The zero-order valence-corrected chi connectivity index (χ0v) is 11.3. The average molecular weight is 230 g/mol. The van der Waals surface area contributed by atoms with Crippen LogP contribution >= 0.6 is 0 Å². The SMILES string of the molecule is CCC(C)(OC(C)=O)[Si]1(C)CCCCO1. The highest BCUT2D eigenvalue weighted by atomic mass is 28.4. The van der Waals surface area contributed by atoms with Gasteiger partial charge in [0.05, 0.1) is 0 Å². The molecule has 0 aliphatic carbocycles. The Morgan fingerprint density at radius 3 is 2.60 bits per heavy atom. The maximum absolute atomic E-state index is 11.1. The monoisotopic (exact) mass is 230 g/mol. The van der Waals surface area contributed by atoms with Crippen LogP contribution in [0.5, 0.6) is 0 Å². The molecule has 88 valence electrons. The molecule has 0 bridgehead atoms. The van der Waals surface area contributed by atoms with Gasteiger partial charge in [0, 0.05) is 13.5 Å². The minimum Gasteiger partial charge on any atom is -0.460 e. The number of hydrogen-bond acceptors (Lipinski definition) is 3. The highest BCUT2D eigenvalue weighted by Gasteiger charge is 2.51. The maximum Gasteiger partial charge on any atom is 0.302 e. The van der Waals surface area contributed by atoms with Crippen LogP contribution < -0.4 is 0 Å². The van der Waals surface area contributed by atoms with Crippen molar-refractivity contribution >= 4 is 14.3 Å². The second kappa shape index (κ2) is 4.66. The Labute approximate surface area is 93.3 Å². The van der Waals surface area contributed by atoms with Crippen LogP contribution in [-0.4, -0.2) is 26.1 Å². The van der Waals surface area contributed by atoms with Gasteiger partial charge in [0.1, 0.15) is 5.22 Å². The van der Waals surface area contributed by atoms with Crippen LogP contribution in [0.3, 0.4) is 0 Å². The largest absolute Gasteiger partial charge is 0.460 e. The van der Waals surface area contributed by atoms with Gasteiger partial charge in [-0.2, -0.15) is 0 Å². The van der Waals surface area contributed by atoms with Crippen molar-refractivity contribution in [2.45, 2.75) is 57.8 Å². The fourth-order valence-electron chi connectivity index (χ4n) is 2.22. The number of carbonyl (C=O) groups excluding carboxylic acids is 1. The molecule has 4 heteroatoms. The summed E-state index contributed by atoms with van der Waals surface area (Å²) < 4.78 is 11.5. The van der Waals surface area contributed by atoms with Gasteiger partial charge in [0.25, 0.3) is 0 Å². The lowest BCUT2D eigenvalue weighted by Crippen LogP contribution is -2.60. The van der Waals surface area contributed by atoms with Crippen molar-refractivity contribution in [3.63, 3.8) is 0 Å². The zero-order valence-electron chi connectivity index (χ0n) is 10.3. The van der Waals surface area contributed by atoms with Crippen molar-refractivity contribution in [1.82, 2.24) is 0 Å². The standard InChI is InChI=1S/C11H22O3Si/c1-5-11(3,14-10(2)12)15(4)9-7-6-8-13-15/h5-9H2,1-4H3. The number of rotatable bonds is 3. The molecule has 1 saturated heterocycles. The summed E-state index contributed by atoms with van der Waals surface area (Å²) in [7, 11) is -1.90. The first-order valence-corrected chi connectivity index (χ1v) is 8.38. The van der Waals surface area contributed by atoms with E-state index in [1.165, 1.54) is 13.3 Å². The van der Waals surface area contributed by atoms with Crippen molar-refractivity contribution in [2.24, 2.45) is 0 Å². The molecule has 15 heavy (non-hydrogen) atoms. The normalized spacial score (nSPS) is 30.7. The molecule has 0 aromatic rings. The highest BCUT2D eigenvalue weighted by Crippen LogP contribution is 2.36. The van der Waals surface area contributed by atoms with Crippen LogP contribution in [-0.2, 0) is 14.0 Å². The number of esters is 1. The molecule has 1 fully saturated rings. The minimum atomic E-state index is -1.90. The van der Waals surface area contributed by atoms with E-state index in [1.54, 1.807) is 0 Å². The van der Waals surface area contributed by atoms with Crippen molar-refractivity contribution in [3.05, 3.63) is 0 Å². The van der Waals surface area contributed by atoms with E-state index in [0.717, 1.165) is 25.5 Å². The third-order valence-corrected chi connectivity index (χ3v) is 8.47. The molecule has 3 nitrogen and oxygen atoms in total. The Balaban J connectivity index is 2.82. The number of carbonyl (C=O) groups is 1. The van der Waals surface area contributed by atoms with Gasteiger partial charge in [-0.3, -0.25) is 4.79 Å². The maximum atomic E-state index is 11.1. The van der Waals surface area contributed by atoms with Crippen LogP contribution in [0.2, 0.25) is 12.6 Å². The Kier molecular flexibility index (Phi) is 3.95. The number of hydrogen-bond donors (Lipinski definition) is 0. The Morgan fingerprint density at radius 1 is 1.53 bits per heavy atom. The van der Waals surface area contributed by atoms with E-state index in [2.05, 4.69) is 13.5 Å². The minimum absolute atomic E-state index is 0.192. The van der Waals surface area contributed by atoms with Gasteiger partial charge in [-0.15, -0.1) is 0 Å². The molecule has 1 heterocycles. The first kappa shape index (κ1) is 12.7. The molecule has 1 aliphatic rings. The Bertz CT molecular complexity index is 236. The van der Waals surface area contributed by atoms with Gasteiger partial charge < -0.3 is 9.16 Å². The molecule has 0 amide bonds. The molecule has 0 N–H and O–H groups in total. The first-order chi connectivity index (χ1) is 6.93. The van der Waals surface area contributed by atoms with Gasteiger partial charge in [0.2, 0.25) is 8.32 Å². The summed E-state index contributed by atoms with van der Waals surface area (Å²) in [6, 6.07) is 1.10. The highest BCUT2D eigenvalue weighted by molar-refractivity contribution is 6.75. The van der Waals surface area contributed by atoms with Gasteiger partial charge in [-0.25, -0.2) is 0 Å². The molecule has 0 saturated carbocycles. The summed E-state index contributed by atoms with van der Waals surface area (Å²) in [6.45, 7) is 8.61. The fourth-order valence-corrected chi connectivity index (χ4v) is 5.83. The summed E-state index contributed by atoms with van der Waals surface area (Å²) in [5.74, 6) is -0.192. The van der Waals surface area contributed by atoms with Gasteiger partial charge in [0.15, 0.2) is 0 Å². The van der Waals surface area contributed by atoms with Crippen LogP contribution in [0.15, 0.2) is 0 Å². The van der Waals surface area contributed by atoms with E-state index in [9.17, 15) is 4.79 Å². The lowest BCUT2D eigenvalue weighted by molar-refractivity contribution is -0.150. The lowest BCUT2D eigenvalue weighted by atomic mass is 10.3. The smallest absolute Gasteiger partial charge is 0.302 e. The fraction of sp³-hybridized carbons (Fsp3) is 0.909. The van der Waals surface area contributed by atoms with Crippen molar-refractivity contribution < 1.29 is 14.0 Å². The summed E-state index contributed by atoms with van der Waals surface area (Å²) in [5.41, 5.74) is 0. The summed E-state index contributed by atoms with van der Waals surface area (Å²) in [4.78, 5) is 11.1. The quantitative estimate of drug-likeness (QED) is 0.552. The predicted octanol–water partition coefficient (Wildman–Crippen LogP) is 2.64. The summed E-state index contributed by atoms with van der Waals surface area (Å²) in [5, 5.41) is -0.362. The second-order valence-corrected chi connectivity index (χ2v) is 9.02. The molecule has 1 aliphatic heterocycles. The summed E-state index contributed by atoms with van der Waals surface area (Å²) >= 11 is 0. The van der Waals surface area contributed by atoms with E-state index in [-0.39, 0.29) is 11.2 Å². The predicted molar refractivity (Wildman–Crippen MR) is 62.1 cm³/mol. The van der Waals surface area contributed by atoms with E-state index in [4.69, 9.17) is 9.16 Å². The molecule has 0 radical (unpaired) electrons. The van der Waals surface area contributed by atoms with E-state index in [0.29, 0.717) is 0 Å². The lowest BCUT2D eigenvalue weighted by Gasteiger charge is -2.44. The third kappa shape index (κ3) is 2.61. The number of ether oxygens (including phenoxy) is 1. The molecular formula is C11H22O3Si. The van der Waals surface area contributed by atoms with Crippen molar-refractivity contribution in [1.29, 1.82) is 0 Å². The molecule has 0 aromatic heterocycles. The molecule has 0 spiro atoms. The molecule has 0 aromatic carbocycles. The van der Waals surface area contributed by atoms with Crippen LogP contribution in [0.4, 0.5) is 0 Å². The van der Waals surface area contributed by atoms with Crippen LogP contribution in [0, 0.1) is 0 Å². The molecule has 1 rings (SSSR count). The van der Waals surface area contributed by atoms with Crippen LogP contribution in [0.1, 0.15) is 40.0 Å². The Morgan fingerprint density at radius 2 is 2.20 bits per heavy atom. The average Bonchev–Trinajstić information content (AvgIpc) is 2.17. The topological polar surface area (TPSA) is 35.5 Å². The molecule has 2 atom stereocenters. The summed E-state index contributed by atoms with van der Waals surface area (Å²) in [6.07, 6.45) is 3.19. The van der Waals surface area contributed by atoms with Crippen LogP contribution in [0.25, 0.3) is 0 Å². The molecular weight excluding hydrogens is 208 g/mol. The van der Waals surface area contributed by atoms with Gasteiger partial charge in [-0.1, -0.05) is 13.3 Å². The van der Waals surface area contributed by atoms with E-state index < -0.39 is 8.32 Å².